The molecule has 1 aromatic carbocycles. The summed E-state index contributed by atoms with van der Waals surface area (Å²) in [4.78, 5) is 14.9. The zero-order valence-corrected chi connectivity index (χ0v) is 15.0. The molecular weight excluding hydrogens is 332 g/mol. The molecule has 6 heteroatoms. The molecule has 3 fully saturated rings. The van der Waals surface area contributed by atoms with Gasteiger partial charge in [0.15, 0.2) is 11.5 Å². The molecule has 2 saturated heterocycles. The zero-order chi connectivity index (χ0) is 17.6. The Morgan fingerprint density at radius 1 is 1.27 bits per heavy atom. The minimum absolute atomic E-state index is 0.0238. The Balaban J connectivity index is 1.22. The molecule has 140 valence electrons. The lowest BCUT2D eigenvalue weighted by atomic mass is 9.78. The van der Waals surface area contributed by atoms with E-state index in [4.69, 9.17) is 14.2 Å². The van der Waals surface area contributed by atoms with E-state index < -0.39 is 0 Å². The lowest BCUT2D eigenvalue weighted by Gasteiger charge is -2.26. The summed E-state index contributed by atoms with van der Waals surface area (Å²) in [5.41, 5.74) is 1.20. The molecule has 6 nitrogen and oxygen atoms in total. The van der Waals surface area contributed by atoms with Crippen molar-refractivity contribution in [1.29, 1.82) is 0 Å². The van der Waals surface area contributed by atoms with Crippen LogP contribution in [0.3, 0.4) is 0 Å². The molecule has 1 aliphatic carbocycles. The van der Waals surface area contributed by atoms with Crippen molar-refractivity contribution in [2.75, 3.05) is 39.6 Å². The normalized spacial score (nSPS) is 29.8. The Morgan fingerprint density at radius 2 is 2.15 bits per heavy atom. The molecule has 1 saturated carbocycles. The molecule has 26 heavy (non-hydrogen) atoms. The molecule has 0 unspecified atom stereocenters. The van der Waals surface area contributed by atoms with E-state index in [9.17, 15) is 4.79 Å². The summed E-state index contributed by atoms with van der Waals surface area (Å²) in [6.07, 6.45) is 3.11. The topological polar surface area (TPSA) is 60.0 Å². The van der Waals surface area contributed by atoms with Crippen LogP contribution in [0.15, 0.2) is 18.2 Å². The average Bonchev–Trinajstić information content (AvgIpc) is 3.05. The smallest absolute Gasteiger partial charge is 0.231 e. The van der Waals surface area contributed by atoms with Crippen LogP contribution in [0.4, 0.5) is 0 Å². The van der Waals surface area contributed by atoms with Crippen LogP contribution in [-0.4, -0.2) is 50.4 Å². The van der Waals surface area contributed by atoms with Gasteiger partial charge in [0.05, 0.1) is 13.2 Å². The SMILES string of the molecule is O=C(C[C@@]12COC[C@@H]1CN(Cc1ccc3c(c1)OCO3)C2)NCC1CC1. The third kappa shape index (κ3) is 3.16. The highest BCUT2D eigenvalue weighted by molar-refractivity contribution is 5.77. The van der Waals surface area contributed by atoms with Gasteiger partial charge in [0.25, 0.3) is 0 Å². The van der Waals surface area contributed by atoms with Gasteiger partial charge in [-0.1, -0.05) is 6.07 Å². The summed E-state index contributed by atoms with van der Waals surface area (Å²) in [6.45, 7) is 5.41. The van der Waals surface area contributed by atoms with E-state index in [0.29, 0.717) is 25.7 Å². The molecule has 3 aliphatic heterocycles. The summed E-state index contributed by atoms with van der Waals surface area (Å²) in [5.74, 6) is 3.02. The Kier molecular flexibility index (Phi) is 4.05. The number of fused-ring (bicyclic) bond motifs is 2. The van der Waals surface area contributed by atoms with E-state index in [1.54, 1.807) is 0 Å². The molecule has 1 aromatic rings. The first-order chi connectivity index (χ1) is 12.7. The lowest BCUT2D eigenvalue weighted by Crippen LogP contribution is -2.38. The standard InChI is InChI=1S/C20H26N2O4/c23-19(21-7-14-1-2-14)6-20-11-22(9-16(20)10-24-12-20)8-15-3-4-17-18(5-15)26-13-25-17/h3-5,14,16H,1-2,6-13H2,(H,21,23)/t16-,20+/m0/s1. The second-order valence-electron chi connectivity index (χ2n) is 8.36. The van der Waals surface area contributed by atoms with Crippen molar-refractivity contribution < 1.29 is 19.0 Å². The van der Waals surface area contributed by atoms with Gasteiger partial charge in [-0.3, -0.25) is 9.69 Å². The van der Waals surface area contributed by atoms with Gasteiger partial charge in [0.1, 0.15) is 0 Å². The van der Waals surface area contributed by atoms with E-state index >= 15 is 0 Å². The predicted octanol–water partition coefficient (Wildman–Crippen LogP) is 1.78. The van der Waals surface area contributed by atoms with Crippen molar-refractivity contribution >= 4 is 5.91 Å². The number of carbonyl (C=O) groups excluding carboxylic acids is 1. The Bertz CT molecular complexity index is 705. The Morgan fingerprint density at radius 3 is 3.04 bits per heavy atom. The van der Waals surface area contributed by atoms with Gasteiger partial charge in [-0.15, -0.1) is 0 Å². The number of hydrogen-bond donors (Lipinski definition) is 1. The molecule has 2 atom stereocenters. The Labute approximate surface area is 153 Å². The summed E-state index contributed by atoms with van der Waals surface area (Å²) in [6, 6.07) is 6.16. The number of ether oxygens (including phenoxy) is 3. The summed E-state index contributed by atoms with van der Waals surface area (Å²) in [7, 11) is 0. The van der Waals surface area contributed by atoms with Crippen LogP contribution in [0.5, 0.6) is 11.5 Å². The van der Waals surface area contributed by atoms with Crippen LogP contribution in [0.2, 0.25) is 0 Å². The van der Waals surface area contributed by atoms with Crippen LogP contribution >= 0.6 is 0 Å². The number of benzene rings is 1. The first-order valence-electron chi connectivity index (χ1n) is 9.66. The van der Waals surface area contributed by atoms with Gasteiger partial charge < -0.3 is 19.5 Å². The van der Waals surface area contributed by atoms with Crippen LogP contribution in [0.1, 0.15) is 24.8 Å². The van der Waals surface area contributed by atoms with Gasteiger partial charge in [-0.2, -0.15) is 0 Å². The summed E-state index contributed by atoms with van der Waals surface area (Å²) < 4.78 is 16.6. The first-order valence-corrected chi connectivity index (χ1v) is 9.66. The van der Waals surface area contributed by atoms with Gasteiger partial charge >= 0.3 is 0 Å². The van der Waals surface area contributed by atoms with Gasteiger partial charge in [-0.05, 0) is 36.5 Å². The third-order valence-electron chi connectivity index (χ3n) is 6.23. The van der Waals surface area contributed by atoms with E-state index in [0.717, 1.165) is 50.2 Å². The van der Waals surface area contributed by atoms with Crippen molar-refractivity contribution in [1.82, 2.24) is 10.2 Å². The second kappa shape index (κ2) is 6.43. The van der Waals surface area contributed by atoms with Crippen LogP contribution in [-0.2, 0) is 16.1 Å². The summed E-state index contributed by atoms with van der Waals surface area (Å²) in [5, 5.41) is 3.13. The number of nitrogens with one attached hydrogen (secondary N) is 1. The molecule has 1 amide bonds. The molecule has 3 heterocycles. The van der Waals surface area contributed by atoms with Gasteiger partial charge in [0, 0.05) is 43.9 Å². The van der Waals surface area contributed by atoms with E-state index in [1.165, 1.54) is 18.4 Å². The number of nitrogens with zero attached hydrogens (tertiary/aromatic N) is 1. The van der Waals surface area contributed by atoms with Gasteiger partial charge in [0.2, 0.25) is 12.7 Å². The lowest BCUT2D eigenvalue weighted by molar-refractivity contribution is -0.123. The minimum atomic E-state index is -0.0238. The first kappa shape index (κ1) is 16.4. The van der Waals surface area contributed by atoms with E-state index in [-0.39, 0.29) is 11.3 Å². The molecule has 0 aromatic heterocycles. The predicted molar refractivity (Wildman–Crippen MR) is 94.9 cm³/mol. The molecule has 0 bridgehead atoms. The van der Waals surface area contributed by atoms with Crippen molar-refractivity contribution in [3.05, 3.63) is 23.8 Å². The van der Waals surface area contributed by atoms with E-state index in [2.05, 4.69) is 22.3 Å². The fraction of sp³-hybridized carbons (Fsp3) is 0.650. The van der Waals surface area contributed by atoms with Crippen LogP contribution in [0.25, 0.3) is 0 Å². The van der Waals surface area contributed by atoms with Crippen LogP contribution in [0, 0.1) is 17.3 Å². The minimum Gasteiger partial charge on any atom is -0.454 e. The second-order valence-corrected chi connectivity index (χ2v) is 8.36. The van der Waals surface area contributed by atoms with Crippen molar-refractivity contribution in [2.45, 2.75) is 25.8 Å². The zero-order valence-electron chi connectivity index (χ0n) is 15.0. The molecule has 0 radical (unpaired) electrons. The third-order valence-corrected chi connectivity index (χ3v) is 6.23. The number of amides is 1. The number of rotatable bonds is 6. The van der Waals surface area contributed by atoms with Crippen LogP contribution < -0.4 is 14.8 Å². The average molecular weight is 358 g/mol. The highest BCUT2D eigenvalue weighted by Gasteiger charge is 2.51. The fourth-order valence-corrected chi connectivity index (χ4v) is 4.57. The molecule has 0 spiro atoms. The van der Waals surface area contributed by atoms with Crippen molar-refractivity contribution in [3.8, 4) is 11.5 Å². The van der Waals surface area contributed by atoms with Crippen molar-refractivity contribution in [3.63, 3.8) is 0 Å². The van der Waals surface area contributed by atoms with Gasteiger partial charge in [-0.25, -0.2) is 0 Å². The highest BCUT2D eigenvalue weighted by Crippen LogP contribution is 2.44. The maximum Gasteiger partial charge on any atom is 0.231 e. The molecule has 4 aliphatic rings. The number of likely N-dealkylation sites (tertiary alicyclic amines) is 1. The monoisotopic (exact) mass is 358 g/mol. The van der Waals surface area contributed by atoms with E-state index in [1.807, 2.05) is 6.07 Å². The largest absolute Gasteiger partial charge is 0.454 e. The number of carbonyl (C=O) groups is 1. The fourth-order valence-electron chi connectivity index (χ4n) is 4.57. The quantitative estimate of drug-likeness (QED) is 0.840. The summed E-state index contributed by atoms with van der Waals surface area (Å²) >= 11 is 0. The number of hydrogen-bond acceptors (Lipinski definition) is 5. The molecule has 1 N–H and O–H groups in total. The maximum atomic E-state index is 12.4. The highest BCUT2D eigenvalue weighted by atomic mass is 16.7. The molecule has 5 rings (SSSR count). The maximum absolute atomic E-state index is 12.4. The Hall–Kier alpha value is -1.79. The van der Waals surface area contributed by atoms with Crippen molar-refractivity contribution in [2.24, 2.45) is 17.3 Å². The molecular formula is C20H26N2O4.